The van der Waals surface area contributed by atoms with Crippen LogP contribution in [0.25, 0.3) is 0 Å². The van der Waals surface area contributed by atoms with E-state index in [0.717, 1.165) is 23.2 Å². The number of hydrogen-bond donors (Lipinski definition) is 2. The number of carbonyl (C=O) groups is 1. The molecule has 2 rings (SSSR count). The van der Waals surface area contributed by atoms with Crippen LogP contribution in [0, 0.1) is 19.8 Å². The molecule has 1 aromatic carbocycles. The molecule has 0 bridgehead atoms. The fourth-order valence-electron chi connectivity index (χ4n) is 2.13. The first-order valence-electron chi connectivity index (χ1n) is 6.10. The van der Waals surface area contributed by atoms with Crippen LogP contribution in [0.4, 0.5) is 0 Å². The Hall–Kier alpha value is -1.35. The van der Waals surface area contributed by atoms with Gasteiger partial charge in [-0.25, -0.2) is 0 Å². The molecule has 1 saturated carbocycles. The number of aryl methyl sites for hydroxylation is 2. The van der Waals surface area contributed by atoms with Crippen LogP contribution < -0.4 is 5.32 Å². The van der Waals surface area contributed by atoms with E-state index in [0.29, 0.717) is 5.92 Å². The molecule has 0 saturated heterocycles. The van der Waals surface area contributed by atoms with Gasteiger partial charge in [0.25, 0.3) is 0 Å². The average molecular weight is 233 g/mol. The number of rotatable bonds is 5. The molecule has 0 heterocycles. The molecule has 3 nitrogen and oxygen atoms in total. The van der Waals surface area contributed by atoms with Crippen molar-refractivity contribution in [2.75, 3.05) is 6.54 Å². The Bertz CT molecular complexity index is 404. The molecule has 1 aliphatic rings. The van der Waals surface area contributed by atoms with Gasteiger partial charge in [-0.2, -0.15) is 0 Å². The number of carboxylic acids is 1. The van der Waals surface area contributed by atoms with Crippen LogP contribution in [0.3, 0.4) is 0 Å². The highest BCUT2D eigenvalue weighted by molar-refractivity contribution is 5.75. The first kappa shape index (κ1) is 12.1. The number of nitrogens with one attached hydrogen (secondary N) is 1. The predicted molar refractivity (Wildman–Crippen MR) is 67.0 cm³/mol. The second-order valence-corrected chi connectivity index (χ2v) is 5.04. The lowest BCUT2D eigenvalue weighted by Crippen LogP contribution is -2.30. The van der Waals surface area contributed by atoms with Crippen LogP contribution in [0.1, 0.15) is 35.6 Å². The maximum atomic E-state index is 11.3. The third kappa shape index (κ3) is 3.30. The molecule has 0 spiro atoms. The van der Waals surface area contributed by atoms with Crippen LogP contribution in [0.5, 0.6) is 0 Å². The Morgan fingerprint density at radius 2 is 1.94 bits per heavy atom. The normalized spacial score (nSPS) is 16.8. The molecule has 0 aromatic heterocycles. The van der Waals surface area contributed by atoms with Gasteiger partial charge in [0.2, 0.25) is 0 Å². The maximum Gasteiger partial charge on any atom is 0.325 e. The summed E-state index contributed by atoms with van der Waals surface area (Å²) in [6, 6.07) is 5.38. The smallest absolute Gasteiger partial charge is 0.325 e. The van der Waals surface area contributed by atoms with Gasteiger partial charge in [-0.15, -0.1) is 0 Å². The lowest BCUT2D eigenvalue weighted by Gasteiger charge is -2.16. The van der Waals surface area contributed by atoms with E-state index in [1.807, 2.05) is 26.0 Å². The Morgan fingerprint density at radius 1 is 1.35 bits per heavy atom. The minimum Gasteiger partial charge on any atom is -0.480 e. The molecule has 1 atom stereocenters. The summed E-state index contributed by atoms with van der Waals surface area (Å²) in [4.78, 5) is 11.3. The van der Waals surface area contributed by atoms with Crippen LogP contribution >= 0.6 is 0 Å². The molecular weight excluding hydrogens is 214 g/mol. The lowest BCUT2D eigenvalue weighted by molar-refractivity contribution is -0.139. The van der Waals surface area contributed by atoms with Crippen molar-refractivity contribution >= 4 is 5.97 Å². The number of hydrogen-bond acceptors (Lipinski definition) is 2. The second-order valence-electron chi connectivity index (χ2n) is 5.04. The highest BCUT2D eigenvalue weighted by atomic mass is 16.4. The molecular formula is C14H19NO2. The minimum atomic E-state index is -0.796. The van der Waals surface area contributed by atoms with Gasteiger partial charge < -0.3 is 10.4 Å². The summed E-state index contributed by atoms with van der Waals surface area (Å²) in [7, 11) is 0. The van der Waals surface area contributed by atoms with E-state index in [-0.39, 0.29) is 0 Å². The van der Waals surface area contributed by atoms with Crippen molar-refractivity contribution < 1.29 is 9.90 Å². The zero-order valence-corrected chi connectivity index (χ0v) is 10.4. The molecule has 0 radical (unpaired) electrons. The molecule has 1 fully saturated rings. The van der Waals surface area contributed by atoms with E-state index in [4.69, 9.17) is 0 Å². The maximum absolute atomic E-state index is 11.3. The Kier molecular flexibility index (Phi) is 3.48. The third-order valence-corrected chi connectivity index (χ3v) is 3.13. The molecule has 17 heavy (non-hydrogen) atoms. The zero-order chi connectivity index (χ0) is 12.4. The van der Waals surface area contributed by atoms with Crippen LogP contribution in [-0.2, 0) is 4.79 Å². The molecule has 92 valence electrons. The van der Waals surface area contributed by atoms with Crippen molar-refractivity contribution in [2.45, 2.75) is 32.7 Å². The second kappa shape index (κ2) is 4.88. The van der Waals surface area contributed by atoms with E-state index >= 15 is 0 Å². The first-order valence-corrected chi connectivity index (χ1v) is 6.10. The van der Waals surface area contributed by atoms with Gasteiger partial charge in [0, 0.05) is 0 Å². The first-order chi connectivity index (χ1) is 8.06. The summed E-state index contributed by atoms with van der Waals surface area (Å²) in [6.07, 6.45) is 2.46. The van der Waals surface area contributed by atoms with E-state index in [1.165, 1.54) is 12.8 Å². The quantitative estimate of drug-likeness (QED) is 0.821. The summed E-state index contributed by atoms with van der Waals surface area (Å²) in [6.45, 7) is 4.80. The van der Waals surface area contributed by atoms with Crippen molar-refractivity contribution in [3.63, 3.8) is 0 Å². The molecule has 0 aliphatic heterocycles. The van der Waals surface area contributed by atoms with Crippen molar-refractivity contribution in [2.24, 2.45) is 5.92 Å². The fourth-order valence-corrected chi connectivity index (χ4v) is 2.13. The lowest BCUT2D eigenvalue weighted by atomic mass is 10.0. The summed E-state index contributed by atoms with van der Waals surface area (Å²) >= 11 is 0. The molecule has 1 aromatic rings. The summed E-state index contributed by atoms with van der Waals surface area (Å²) < 4.78 is 0. The van der Waals surface area contributed by atoms with E-state index in [1.54, 1.807) is 0 Å². The Morgan fingerprint density at radius 3 is 2.41 bits per heavy atom. The number of benzene rings is 1. The molecule has 2 N–H and O–H groups in total. The Balaban J connectivity index is 2.14. The van der Waals surface area contributed by atoms with E-state index in [9.17, 15) is 9.90 Å². The topological polar surface area (TPSA) is 49.3 Å². The summed E-state index contributed by atoms with van der Waals surface area (Å²) in [5.74, 6) is -0.113. The van der Waals surface area contributed by atoms with E-state index < -0.39 is 12.0 Å². The van der Waals surface area contributed by atoms with Gasteiger partial charge >= 0.3 is 5.97 Å². The van der Waals surface area contributed by atoms with Gasteiger partial charge in [0.1, 0.15) is 6.04 Å². The van der Waals surface area contributed by atoms with Gasteiger partial charge in [0.15, 0.2) is 0 Å². The van der Waals surface area contributed by atoms with Crippen LogP contribution in [0.2, 0.25) is 0 Å². The van der Waals surface area contributed by atoms with Gasteiger partial charge in [0.05, 0.1) is 0 Å². The molecule has 1 unspecified atom stereocenters. The SMILES string of the molecule is Cc1cc(C)cc(C(NCC2CC2)C(=O)O)c1. The van der Waals surface area contributed by atoms with Gasteiger partial charge in [-0.1, -0.05) is 29.3 Å². The fraction of sp³-hybridized carbons (Fsp3) is 0.500. The van der Waals surface area contributed by atoms with Crippen molar-refractivity contribution in [1.82, 2.24) is 5.32 Å². The van der Waals surface area contributed by atoms with Crippen LogP contribution in [-0.4, -0.2) is 17.6 Å². The van der Waals surface area contributed by atoms with E-state index in [2.05, 4.69) is 11.4 Å². The molecule has 3 heteroatoms. The van der Waals surface area contributed by atoms with Crippen molar-refractivity contribution in [3.8, 4) is 0 Å². The monoisotopic (exact) mass is 233 g/mol. The minimum absolute atomic E-state index is 0.575. The highest BCUT2D eigenvalue weighted by Gasteiger charge is 2.25. The Labute approximate surface area is 102 Å². The predicted octanol–water partition coefficient (Wildman–Crippen LogP) is 2.43. The largest absolute Gasteiger partial charge is 0.480 e. The summed E-state index contributed by atoms with van der Waals surface area (Å²) in [5, 5.41) is 12.4. The van der Waals surface area contributed by atoms with Gasteiger partial charge in [-0.3, -0.25) is 4.79 Å². The van der Waals surface area contributed by atoms with Crippen molar-refractivity contribution in [3.05, 3.63) is 34.9 Å². The van der Waals surface area contributed by atoms with Crippen molar-refractivity contribution in [1.29, 1.82) is 0 Å². The molecule has 1 aliphatic carbocycles. The zero-order valence-electron chi connectivity index (χ0n) is 10.4. The standard InChI is InChI=1S/C14H19NO2/c1-9-5-10(2)7-12(6-9)13(14(16)17)15-8-11-3-4-11/h5-7,11,13,15H,3-4,8H2,1-2H3,(H,16,17). The number of aliphatic carboxylic acids is 1. The highest BCUT2D eigenvalue weighted by Crippen LogP contribution is 2.28. The average Bonchev–Trinajstić information content (AvgIpc) is 2.99. The van der Waals surface area contributed by atoms with Crippen LogP contribution in [0.15, 0.2) is 18.2 Å². The molecule has 0 amide bonds. The number of carboxylic acid groups (broad SMARTS) is 1. The third-order valence-electron chi connectivity index (χ3n) is 3.13. The summed E-state index contributed by atoms with van der Waals surface area (Å²) in [5.41, 5.74) is 3.08. The van der Waals surface area contributed by atoms with Gasteiger partial charge in [-0.05, 0) is 44.7 Å².